The first-order valence-electron chi connectivity index (χ1n) is 5.25. The lowest BCUT2D eigenvalue weighted by atomic mass is 9.91. The van der Waals surface area contributed by atoms with Crippen LogP contribution in [0.3, 0.4) is 0 Å². The van der Waals surface area contributed by atoms with Gasteiger partial charge < -0.3 is 9.47 Å². The molecule has 1 saturated heterocycles. The van der Waals surface area contributed by atoms with Gasteiger partial charge in [-0.15, -0.1) is 0 Å². The molecule has 2 unspecified atom stereocenters. The Morgan fingerprint density at radius 3 is 1.31 bits per heavy atom. The Kier molecular flexibility index (Phi) is 3.03. The maximum absolute atomic E-state index is 5.96. The molecule has 2 heteroatoms. The van der Waals surface area contributed by atoms with Gasteiger partial charge in [-0.1, -0.05) is 27.7 Å². The fourth-order valence-electron chi connectivity index (χ4n) is 2.01. The highest BCUT2D eigenvalue weighted by Crippen LogP contribution is 2.40. The molecule has 0 radical (unpaired) electrons. The minimum absolute atomic E-state index is 0.213. The minimum atomic E-state index is -0.362. The summed E-state index contributed by atoms with van der Waals surface area (Å²) in [7, 11) is 0. The molecule has 0 aliphatic carbocycles. The SMILES string of the molecule is CC1OC(C(C)C)(C(C)C)OC1C. The standard InChI is InChI=1S/C11H22O2/c1-7(2)11(8(3)4)12-9(5)10(6)13-11/h7-10H,1-6H3. The van der Waals surface area contributed by atoms with Gasteiger partial charge in [0.15, 0.2) is 5.79 Å². The summed E-state index contributed by atoms with van der Waals surface area (Å²) >= 11 is 0. The predicted molar refractivity (Wildman–Crippen MR) is 53.5 cm³/mol. The highest BCUT2D eigenvalue weighted by atomic mass is 16.8. The molecule has 0 aromatic heterocycles. The van der Waals surface area contributed by atoms with Crippen LogP contribution in [0.5, 0.6) is 0 Å². The van der Waals surface area contributed by atoms with Crippen LogP contribution in [0.15, 0.2) is 0 Å². The maximum Gasteiger partial charge on any atom is 0.173 e. The molecular formula is C11H22O2. The molecule has 0 amide bonds. The van der Waals surface area contributed by atoms with Gasteiger partial charge in [-0.05, 0) is 13.8 Å². The summed E-state index contributed by atoms with van der Waals surface area (Å²) < 4.78 is 11.9. The molecule has 13 heavy (non-hydrogen) atoms. The van der Waals surface area contributed by atoms with E-state index in [-0.39, 0.29) is 18.0 Å². The van der Waals surface area contributed by atoms with Crippen LogP contribution in [0.25, 0.3) is 0 Å². The van der Waals surface area contributed by atoms with E-state index in [1.165, 1.54) is 0 Å². The molecule has 2 atom stereocenters. The first kappa shape index (κ1) is 11.0. The van der Waals surface area contributed by atoms with Crippen LogP contribution in [-0.2, 0) is 9.47 Å². The van der Waals surface area contributed by atoms with Crippen LogP contribution in [0, 0.1) is 11.8 Å². The van der Waals surface area contributed by atoms with E-state index in [1.54, 1.807) is 0 Å². The number of hydrogen-bond acceptors (Lipinski definition) is 2. The lowest BCUT2D eigenvalue weighted by Crippen LogP contribution is -2.42. The maximum atomic E-state index is 5.96. The zero-order valence-electron chi connectivity index (χ0n) is 9.63. The third-order valence-electron chi connectivity index (χ3n) is 3.01. The Hall–Kier alpha value is -0.0800. The molecule has 2 nitrogen and oxygen atoms in total. The molecule has 1 heterocycles. The van der Waals surface area contributed by atoms with Crippen molar-refractivity contribution in [1.29, 1.82) is 0 Å². The van der Waals surface area contributed by atoms with Crippen molar-refractivity contribution >= 4 is 0 Å². The van der Waals surface area contributed by atoms with E-state index in [4.69, 9.17) is 9.47 Å². The Bertz CT molecular complexity index is 155. The van der Waals surface area contributed by atoms with Crippen molar-refractivity contribution in [3.63, 3.8) is 0 Å². The van der Waals surface area contributed by atoms with E-state index < -0.39 is 0 Å². The molecular weight excluding hydrogens is 164 g/mol. The van der Waals surface area contributed by atoms with Crippen LogP contribution in [-0.4, -0.2) is 18.0 Å². The second-order valence-electron chi connectivity index (χ2n) is 4.68. The lowest BCUT2D eigenvalue weighted by molar-refractivity contribution is -0.230. The quantitative estimate of drug-likeness (QED) is 0.660. The molecule has 0 aromatic carbocycles. The molecule has 0 N–H and O–H groups in total. The third-order valence-corrected chi connectivity index (χ3v) is 3.01. The van der Waals surface area contributed by atoms with Gasteiger partial charge >= 0.3 is 0 Å². The summed E-state index contributed by atoms with van der Waals surface area (Å²) in [6, 6.07) is 0. The van der Waals surface area contributed by atoms with Crippen molar-refractivity contribution in [1.82, 2.24) is 0 Å². The Morgan fingerprint density at radius 2 is 1.15 bits per heavy atom. The fourth-order valence-corrected chi connectivity index (χ4v) is 2.01. The van der Waals surface area contributed by atoms with Crippen LogP contribution < -0.4 is 0 Å². The van der Waals surface area contributed by atoms with Crippen molar-refractivity contribution in [2.75, 3.05) is 0 Å². The Labute approximate surface area is 81.6 Å². The van der Waals surface area contributed by atoms with Crippen LogP contribution >= 0.6 is 0 Å². The van der Waals surface area contributed by atoms with Crippen molar-refractivity contribution in [3.05, 3.63) is 0 Å². The third kappa shape index (κ3) is 1.75. The van der Waals surface area contributed by atoms with Gasteiger partial charge in [0.25, 0.3) is 0 Å². The highest BCUT2D eigenvalue weighted by molar-refractivity contribution is 4.86. The van der Waals surface area contributed by atoms with E-state index in [1.807, 2.05) is 0 Å². The average Bonchev–Trinajstić information content (AvgIpc) is 2.29. The molecule has 0 spiro atoms. The van der Waals surface area contributed by atoms with Gasteiger partial charge in [0.2, 0.25) is 0 Å². The van der Waals surface area contributed by atoms with Crippen molar-refractivity contribution < 1.29 is 9.47 Å². The number of ether oxygens (including phenoxy) is 2. The fraction of sp³-hybridized carbons (Fsp3) is 1.00. The molecule has 1 aliphatic heterocycles. The predicted octanol–water partition coefficient (Wildman–Crippen LogP) is 2.82. The second kappa shape index (κ2) is 3.58. The molecule has 0 saturated carbocycles. The van der Waals surface area contributed by atoms with Crippen LogP contribution in [0.4, 0.5) is 0 Å². The summed E-state index contributed by atoms with van der Waals surface area (Å²) in [4.78, 5) is 0. The molecule has 1 fully saturated rings. The summed E-state index contributed by atoms with van der Waals surface area (Å²) in [5, 5.41) is 0. The molecule has 1 rings (SSSR count). The van der Waals surface area contributed by atoms with E-state index >= 15 is 0 Å². The van der Waals surface area contributed by atoms with E-state index in [2.05, 4.69) is 41.5 Å². The van der Waals surface area contributed by atoms with Crippen molar-refractivity contribution in [2.24, 2.45) is 11.8 Å². The Balaban J connectivity index is 2.83. The smallest absolute Gasteiger partial charge is 0.173 e. The number of rotatable bonds is 2. The van der Waals surface area contributed by atoms with Gasteiger partial charge in [-0.3, -0.25) is 0 Å². The van der Waals surface area contributed by atoms with Crippen LogP contribution in [0.1, 0.15) is 41.5 Å². The zero-order chi connectivity index (χ0) is 10.2. The molecule has 0 bridgehead atoms. The first-order valence-corrected chi connectivity index (χ1v) is 5.25. The number of hydrogen-bond donors (Lipinski definition) is 0. The van der Waals surface area contributed by atoms with Gasteiger partial charge in [0, 0.05) is 11.8 Å². The average molecular weight is 186 g/mol. The van der Waals surface area contributed by atoms with Crippen molar-refractivity contribution in [3.8, 4) is 0 Å². The molecule has 78 valence electrons. The van der Waals surface area contributed by atoms with Crippen molar-refractivity contribution in [2.45, 2.75) is 59.5 Å². The zero-order valence-corrected chi connectivity index (χ0v) is 9.63. The largest absolute Gasteiger partial charge is 0.344 e. The van der Waals surface area contributed by atoms with Gasteiger partial charge in [0.05, 0.1) is 12.2 Å². The normalized spacial score (nSPS) is 33.2. The van der Waals surface area contributed by atoms with E-state index in [0.717, 1.165) is 0 Å². The summed E-state index contributed by atoms with van der Waals surface area (Å²) in [5.41, 5.74) is 0. The van der Waals surface area contributed by atoms with E-state index in [9.17, 15) is 0 Å². The van der Waals surface area contributed by atoms with Crippen LogP contribution in [0.2, 0.25) is 0 Å². The summed E-state index contributed by atoms with van der Waals surface area (Å²) in [5.74, 6) is 0.443. The van der Waals surface area contributed by atoms with E-state index in [0.29, 0.717) is 11.8 Å². The first-order chi connectivity index (χ1) is 5.90. The van der Waals surface area contributed by atoms with Gasteiger partial charge in [-0.2, -0.15) is 0 Å². The van der Waals surface area contributed by atoms with Gasteiger partial charge in [0.1, 0.15) is 0 Å². The minimum Gasteiger partial charge on any atom is -0.344 e. The molecule has 1 aliphatic rings. The summed E-state index contributed by atoms with van der Waals surface area (Å²) in [6.07, 6.45) is 0.426. The molecule has 0 aromatic rings. The Morgan fingerprint density at radius 1 is 0.846 bits per heavy atom. The topological polar surface area (TPSA) is 18.5 Å². The second-order valence-corrected chi connectivity index (χ2v) is 4.68. The lowest BCUT2D eigenvalue weighted by Gasteiger charge is -2.35. The van der Waals surface area contributed by atoms with Gasteiger partial charge in [-0.25, -0.2) is 0 Å². The highest BCUT2D eigenvalue weighted by Gasteiger charge is 2.48. The summed E-state index contributed by atoms with van der Waals surface area (Å²) in [6.45, 7) is 12.8. The monoisotopic (exact) mass is 186 g/mol.